The number of rotatable bonds is 5. The fourth-order valence-corrected chi connectivity index (χ4v) is 2.75. The van der Waals surface area contributed by atoms with Crippen LogP contribution in [0.5, 0.6) is 5.75 Å². The van der Waals surface area contributed by atoms with Crippen LogP contribution in [0.25, 0.3) is 0 Å². The van der Waals surface area contributed by atoms with Crippen molar-refractivity contribution in [2.75, 3.05) is 18.0 Å². The number of carbonyl (C=O) groups excluding carboxylic acids is 1. The van der Waals surface area contributed by atoms with Gasteiger partial charge in [0.2, 0.25) is 0 Å². The number of aromatic hydroxyl groups is 1. The normalized spacial score (nSPS) is 13.2. The lowest BCUT2D eigenvalue weighted by Crippen LogP contribution is -2.21. The molecule has 1 aliphatic rings. The molecular formula is C19H20N2O3. The van der Waals surface area contributed by atoms with Crippen molar-refractivity contribution in [3.63, 3.8) is 0 Å². The smallest absolute Gasteiger partial charge is 0.338 e. The molecule has 0 fully saturated rings. The molecular weight excluding hydrogens is 304 g/mol. The maximum absolute atomic E-state index is 11.6. The summed E-state index contributed by atoms with van der Waals surface area (Å²) in [6.07, 6.45) is 1.60. The first kappa shape index (κ1) is 16.1. The van der Waals surface area contributed by atoms with Crippen LogP contribution in [-0.4, -0.2) is 30.4 Å². The number of hydrogen-bond acceptors (Lipinski definition) is 5. The highest BCUT2D eigenvalue weighted by Crippen LogP contribution is 2.26. The summed E-state index contributed by atoms with van der Waals surface area (Å²) >= 11 is 0. The predicted octanol–water partition coefficient (Wildman–Crippen LogP) is 3.66. The number of fused-ring (bicyclic) bond motifs is 1. The number of esters is 1. The molecule has 24 heavy (non-hydrogen) atoms. The number of anilines is 1. The fourth-order valence-electron chi connectivity index (χ4n) is 2.75. The van der Waals surface area contributed by atoms with E-state index in [0.29, 0.717) is 23.4 Å². The Morgan fingerprint density at radius 3 is 2.71 bits per heavy atom. The van der Waals surface area contributed by atoms with E-state index < -0.39 is 0 Å². The number of hydrogen-bond donors (Lipinski definition) is 1. The van der Waals surface area contributed by atoms with E-state index in [-0.39, 0.29) is 11.7 Å². The molecule has 5 nitrogen and oxygen atoms in total. The lowest BCUT2D eigenvalue weighted by atomic mass is 10.1. The molecule has 1 heterocycles. The second-order valence-electron chi connectivity index (χ2n) is 5.59. The monoisotopic (exact) mass is 324 g/mol. The molecule has 0 spiro atoms. The Bertz CT molecular complexity index is 795. The summed E-state index contributed by atoms with van der Waals surface area (Å²) in [5.41, 5.74) is 3.71. The molecule has 3 rings (SSSR count). The molecule has 0 amide bonds. The molecule has 0 aromatic heterocycles. The number of ether oxygens (including phenoxy) is 1. The summed E-state index contributed by atoms with van der Waals surface area (Å²) in [5.74, 6) is -0.128. The Morgan fingerprint density at radius 1 is 1.21 bits per heavy atom. The van der Waals surface area contributed by atoms with Crippen molar-refractivity contribution in [3.8, 4) is 5.75 Å². The summed E-state index contributed by atoms with van der Waals surface area (Å²) in [4.78, 5) is 18.1. The molecule has 0 aliphatic carbocycles. The van der Waals surface area contributed by atoms with Gasteiger partial charge in [-0.2, -0.15) is 0 Å². The zero-order chi connectivity index (χ0) is 17.1. The average molecular weight is 324 g/mol. The Labute approximate surface area is 141 Å². The number of carbonyl (C=O) groups is 1. The number of cyclic esters (lactones) is 1. The van der Waals surface area contributed by atoms with Crippen LogP contribution in [0, 0.1) is 0 Å². The molecule has 0 radical (unpaired) electrons. The largest absolute Gasteiger partial charge is 0.507 e. The Balaban J connectivity index is 1.82. The van der Waals surface area contributed by atoms with Crippen LogP contribution in [0.1, 0.15) is 35.3 Å². The number of phenols is 1. The van der Waals surface area contributed by atoms with Crippen LogP contribution < -0.4 is 4.90 Å². The van der Waals surface area contributed by atoms with E-state index in [9.17, 15) is 9.90 Å². The Hall–Kier alpha value is -2.82. The second kappa shape index (κ2) is 6.74. The van der Waals surface area contributed by atoms with E-state index >= 15 is 0 Å². The van der Waals surface area contributed by atoms with E-state index in [1.165, 1.54) is 0 Å². The van der Waals surface area contributed by atoms with E-state index in [2.05, 4.69) is 23.7 Å². The maximum Gasteiger partial charge on any atom is 0.338 e. The van der Waals surface area contributed by atoms with Crippen LogP contribution in [-0.2, 0) is 11.3 Å². The fraction of sp³-hybridized carbons (Fsp3) is 0.263. The van der Waals surface area contributed by atoms with Crippen molar-refractivity contribution in [2.24, 2.45) is 4.99 Å². The van der Waals surface area contributed by atoms with Gasteiger partial charge in [-0.3, -0.25) is 4.99 Å². The van der Waals surface area contributed by atoms with E-state index in [4.69, 9.17) is 4.74 Å². The van der Waals surface area contributed by atoms with Crippen molar-refractivity contribution in [1.29, 1.82) is 0 Å². The van der Waals surface area contributed by atoms with Crippen molar-refractivity contribution in [2.45, 2.75) is 20.5 Å². The van der Waals surface area contributed by atoms with Crippen molar-refractivity contribution in [1.82, 2.24) is 0 Å². The molecule has 0 atom stereocenters. The molecule has 1 N–H and O–H groups in total. The van der Waals surface area contributed by atoms with Gasteiger partial charge in [0.05, 0.1) is 11.3 Å². The summed E-state index contributed by atoms with van der Waals surface area (Å²) in [6.45, 7) is 6.25. The summed E-state index contributed by atoms with van der Waals surface area (Å²) < 4.78 is 4.98. The first-order valence-corrected chi connectivity index (χ1v) is 8.04. The molecule has 124 valence electrons. The lowest BCUT2D eigenvalue weighted by molar-refractivity contribution is 0.0535. The molecule has 5 heteroatoms. The molecule has 2 aromatic rings. The van der Waals surface area contributed by atoms with Gasteiger partial charge in [-0.05, 0) is 38.1 Å². The highest BCUT2D eigenvalue weighted by Gasteiger charge is 2.20. The third kappa shape index (κ3) is 3.11. The zero-order valence-corrected chi connectivity index (χ0v) is 13.8. The third-order valence-electron chi connectivity index (χ3n) is 4.17. The molecule has 0 unspecified atom stereocenters. The molecule has 2 aromatic carbocycles. The van der Waals surface area contributed by atoms with Crippen LogP contribution in [0.2, 0.25) is 0 Å². The number of phenolic OH excluding ortho intramolecular Hbond substituents is 1. The van der Waals surface area contributed by atoms with Gasteiger partial charge in [-0.25, -0.2) is 4.79 Å². The summed E-state index contributed by atoms with van der Waals surface area (Å²) in [5, 5.41) is 10.2. The van der Waals surface area contributed by atoms with Crippen LogP contribution in [0.15, 0.2) is 41.4 Å². The minimum atomic E-state index is -0.312. The topological polar surface area (TPSA) is 62.1 Å². The minimum Gasteiger partial charge on any atom is -0.507 e. The molecule has 1 aliphatic heterocycles. The number of benzene rings is 2. The van der Waals surface area contributed by atoms with Crippen LogP contribution in [0.4, 0.5) is 11.4 Å². The number of aliphatic imine (C=N–C) groups is 1. The second-order valence-corrected chi connectivity index (χ2v) is 5.59. The zero-order valence-electron chi connectivity index (χ0n) is 13.8. The molecule has 0 saturated carbocycles. The van der Waals surface area contributed by atoms with Gasteiger partial charge in [0, 0.05) is 42.2 Å². The molecule has 0 bridgehead atoms. The third-order valence-corrected chi connectivity index (χ3v) is 4.17. The van der Waals surface area contributed by atoms with E-state index in [0.717, 1.165) is 24.3 Å². The van der Waals surface area contributed by atoms with Crippen molar-refractivity contribution < 1.29 is 14.6 Å². The van der Waals surface area contributed by atoms with Gasteiger partial charge in [0.15, 0.2) is 0 Å². The lowest BCUT2D eigenvalue weighted by Gasteiger charge is -2.21. The van der Waals surface area contributed by atoms with E-state index in [1.54, 1.807) is 18.3 Å². The van der Waals surface area contributed by atoms with Crippen molar-refractivity contribution >= 4 is 23.6 Å². The molecule has 0 saturated heterocycles. The van der Waals surface area contributed by atoms with Gasteiger partial charge >= 0.3 is 5.97 Å². The van der Waals surface area contributed by atoms with Crippen molar-refractivity contribution in [3.05, 3.63) is 53.1 Å². The van der Waals surface area contributed by atoms with Gasteiger partial charge in [-0.1, -0.05) is 6.07 Å². The first-order chi connectivity index (χ1) is 11.6. The number of nitrogens with zero attached hydrogens (tertiary/aromatic N) is 2. The standard InChI is InChI=1S/C19H20N2O3/c1-3-21(4-2)16-8-6-13(18(22)10-16)11-20-15-7-5-14-12-24-19(23)17(14)9-15/h5-11,22H,3-4,12H2,1-2H3. The summed E-state index contributed by atoms with van der Waals surface area (Å²) in [6, 6.07) is 10.9. The van der Waals surface area contributed by atoms with Gasteiger partial charge in [0.25, 0.3) is 0 Å². The minimum absolute atomic E-state index is 0.184. The highest BCUT2D eigenvalue weighted by atomic mass is 16.5. The summed E-state index contributed by atoms with van der Waals surface area (Å²) in [7, 11) is 0. The van der Waals surface area contributed by atoms with Gasteiger partial charge < -0.3 is 14.7 Å². The van der Waals surface area contributed by atoms with Crippen LogP contribution >= 0.6 is 0 Å². The quantitative estimate of drug-likeness (QED) is 0.673. The van der Waals surface area contributed by atoms with Gasteiger partial charge in [0.1, 0.15) is 12.4 Å². The maximum atomic E-state index is 11.6. The van der Waals surface area contributed by atoms with E-state index in [1.807, 2.05) is 24.3 Å². The van der Waals surface area contributed by atoms with Crippen LogP contribution in [0.3, 0.4) is 0 Å². The Morgan fingerprint density at radius 2 is 2.00 bits per heavy atom. The SMILES string of the molecule is CCN(CC)c1ccc(C=Nc2ccc3c(c2)C(=O)OC3)c(O)c1. The highest BCUT2D eigenvalue weighted by molar-refractivity contribution is 5.94. The predicted molar refractivity (Wildman–Crippen MR) is 94.5 cm³/mol. The Kier molecular flexibility index (Phi) is 4.51. The first-order valence-electron chi connectivity index (χ1n) is 8.04. The average Bonchev–Trinajstić information content (AvgIpc) is 2.96. The van der Waals surface area contributed by atoms with Gasteiger partial charge in [-0.15, -0.1) is 0 Å².